The molecule has 0 spiro atoms. The van der Waals surface area contributed by atoms with Crippen molar-refractivity contribution < 1.29 is 13.6 Å². The van der Waals surface area contributed by atoms with Crippen molar-refractivity contribution in [3.63, 3.8) is 0 Å². The predicted octanol–water partition coefficient (Wildman–Crippen LogP) is 1.38. The molecule has 1 aliphatic rings. The van der Waals surface area contributed by atoms with Gasteiger partial charge in [0.15, 0.2) is 0 Å². The van der Waals surface area contributed by atoms with E-state index in [4.69, 9.17) is 5.73 Å². The minimum absolute atomic E-state index is 0.323. The van der Waals surface area contributed by atoms with E-state index >= 15 is 0 Å². The lowest BCUT2D eigenvalue weighted by Crippen LogP contribution is -2.39. The molecule has 0 aromatic heterocycles. The predicted molar refractivity (Wildman–Crippen MR) is 59.4 cm³/mol. The van der Waals surface area contributed by atoms with Crippen LogP contribution in [0.5, 0.6) is 0 Å². The standard InChI is InChI=1S/C12H14F2N2O/c13-12(14)6-10(11(15)17)16(8-12)7-9-4-2-1-3-5-9/h1-5,10H,6-8H2,(H2,15,17)/t10-/m1/s1. The highest BCUT2D eigenvalue weighted by molar-refractivity contribution is 5.80. The van der Waals surface area contributed by atoms with Crippen molar-refractivity contribution in [3.8, 4) is 0 Å². The quantitative estimate of drug-likeness (QED) is 0.867. The van der Waals surface area contributed by atoms with E-state index in [2.05, 4.69) is 0 Å². The monoisotopic (exact) mass is 240 g/mol. The van der Waals surface area contributed by atoms with Gasteiger partial charge in [-0.3, -0.25) is 9.69 Å². The Hall–Kier alpha value is -1.49. The Balaban J connectivity index is 2.12. The maximum absolute atomic E-state index is 13.3. The number of primary amides is 1. The molecule has 1 amide bonds. The number of likely N-dealkylation sites (tertiary alicyclic amines) is 1. The fourth-order valence-electron chi connectivity index (χ4n) is 2.15. The van der Waals surface area contributed by atoms with Crippen molar-refractivity contribution in [1.29, 1.82) is 0 Å². The zero-order valence-corrected chi connectivity index (χ0v) is 9.27. The summed E-state index contributed by atoms with van der Waals surface area (Å²) < 4.78 is 26.5. The van der Waals surface area contributed by atoms with Crippen LogP contribution >= 0.6 is 0 Å². The van der Waals surface area contributed by atoms with Crippen molar-refractivity contribution in [2.24, 2.45) is 5.73 Å². The van der Waals surface area contributed by atoms with Crippen molar-refractivity contribution in [2.45, 2.75) is 24.9 Å². The van der Waals surface area contributed by atoms with Gasteiger partial charge < -0.3 is 5.73 Å². The Bertz CT molecular complexity index is 408. The molecule has 1 heterocycles. The van der Waals surface area contributed by atoms with E-state index in [-0.39, 0.29) is 0 Å². The fraction of sp³-hybridized carbons (Fsp3) is 0.417. The molecular weight excluding hydrogens is 226 g/mol. The molecule has 2 rings (SSSR count). The smallest absolute Gasteiger partial charge is 0.262 e. The van der Waals surface area contributed by atoms with Crippen molar-refractivity contribution in [2.75, 3.05) is 6.54 Å². The van der Waals surface area contributed by atoms with Crippen molar-refractivity contribution in [3.05, 3.63) is 35.9 Å². The largest absolute Gasteiger partial charge is 0.368 e. The first-order valence-electron chi connectivity index (χ1n) is 5.43. The molecule has 0 aliphatic carbocycles. The topological polar surface area (TPSA) is 46.3 Å². The maximum atomic E-state index is 13.3. The molecule has 0 unspecified atom stereocenters. The van der Waals surface area contributed by atoms with Gasteiger partial charge in [-0.1, -0.05) is 30.3 Å². The molecule has 5 heteroatoms. The van der Waals surface area contributed by atoms with E-state index in [1.54, 1.807) is 0 Å². The summed E-state index contributed by atoms with van der Waals surface area (Å²) in [5, 5.41) is 0. The van der Waals surface area contributed by atoms with Gasteiger partial charge in [-0.15, -0.1) is 0 Å². The van der Waals surface area contributed by atoms with E-state index in [1.165, 1.54) is 4.90 Å². The Morgan fingerprint density at radius 1 is 1.41 bits per heavy atom. The van der Waals surface area contributed by atoms with E-state index in [0.29, 0.717) is 6.54 Å². The Kier molecular flexibility index (Phi) is 3.11. The Labute approximate surface area is 98.2 Å². The molecule has 0 bridgehead atoms. The van der Waals surface area contributed by atoms with Crippen LogP contribution in [0, 0.1) is 0 Å². The third-order valence-electron chi connectivity index (χ3n) is 2.92. The average molecular weight is 240 g/mol. The number of carbonyl (C=O) groups is 1. The molecule has 0 radical (unpaired) electrons. The van der Waals surface area contributed by atoms with Gasteiger partial charge in [0.2, 0.25) is 5.91 Å². The molecule has 92 valence electrons. The molecule has 1 fully saturated rings. The molecule has 1 aromatic rings. The SMILES string of the molecule is NC(=O)[C@H]1CC(F)(F)CN1Cc1ccccc1. The summed E-state index contributed by atoms with van der Waals surface area (Å²) in [6.07, 6.45) is -0.477. The third-order valence-corrected chi connectivity index (χ3v) is 2.92. The minimum atomic E-state index is -2.82. The second kappa shape index (κ2) is 4.41. The molecule has 2 N–H and O–H groups in total. The second-order valence-electron chi connectivity index (χ2n) is 4.37. The van der Waals surface area contributed by atoms with Crippen LogP contribution in [0.25, 0.3) is 0 Å². The minimum Gasteiger partial charge on any atom is -0.368 e. The highest BCUT2D eigenvalue weighted by Crippen LogP contribution is 2.32. The Morgan fingerprint density at radius 2 is 2.06 bits per heavy atom. The number of alkyl halides is 2. The van der Waals surface area contributed by atoms with E-state index in [1.807, 2.05) is 30.3 Å². The number of benzene rings is 1. The van der Waals surface area contributed by atoms with Crippen LogP contribution in [0.4, 0.5) is 8.78 Å². The van der Waals surface area contributed by atoms with Crippen LogP contribution in [0.15, 0.2) is 30.3 Å². The lowest BCUT2D eigenvalue weighted by Gasteiger charge is -2.20. The zero-order valence-electron chi connectivity index (χ0n) is 9.27. The number of hydrogen-bond acceptors (Lipinski definition) is 2. The molecule has 1 saturated heterocycles. The van der Waals surface area contributed by atoms with Gasteiger partial charge in [0, 0.05) is 13.0 Å². The fourth-order valence-corrected chi connectivity index (χ4v) is 2.15. The van der Waals surface area contributed by atoms with Gasteiger partial charge in [-0.2, -0.15) is 0 Å². The molecule has 1 aliphatic heterocycles. The molecule has 3 nitrogen and oxygen atoms in total. The van der Waals surface area contributed by atoms with Gasteiger partial charge in [-0.25, -0.2) is 8.78 Å². The first-order chi connectivity index (χ1) is 7.98. The van der Waals surface area contributed by atoms with Crippen LogP contribution in [-0.2, 0) is 11.3 Å². The van der Waals surface area contributed by atoms with Crippen LogP contribution in [-0.4, -0.2) is 29.3 Å². The van der Waals surface area contributed by atoms with Crippen LogP contribution in [0.3, 0.4) is 0 Å². The number of hydrogen-bond donors (Lipinski definition) is 1. The summed E-state index contributed by atoms with van der Waals surface area (Å²) in [5.41, 5.74) is 6.05. The second-order valence-corrected chi connectivity index (χ2v) is 4.37. The number of halogens is 2. The Morgan fingerprint density at radius 3 is 2.65 bits per heavy atom. The average Bonchev–Trinajstić information content (AvgIpc) is 2.55. The van der Waals surface area contributed by atoms with Gasteiger partial charge >= 0.3 is 0 Å². The summed E-state index contributed by atoms with van der Waals surface area (Å²) in [7, 11) is 0. The van der Waals surface area contributed by atoms with Gasteiger partial charge in [0.1, 0.15) is 0 Å². The van der Waals surface area contributed by atoms with Crippen LogP contribution in [0.1, 0.15) is 12.0 Å². The molecular formula is C12H14F2N2O. The summed E-state index contributed by atoms with van der Waals surface area (Å²) in [5.74, 6) is -3.51. The molecule has 17 heavy (non-hydrogen) atoms. The van der Waals surface area contributed by atoms with E-state index in [0.717, 1.165) is 5.56 Å². The normalized spacial score (nSPS) is 23.8. The highest BCUT2D eigenvalue weighted by Gasteiger charge is 2.47. The van der Waals surface area contributed by atoms with Crippen molar-refractivity contribution in [1.82, 2.24) is 4.90 Å². The highest BCUT2D eigenvalue weighted by atomic mass is 19.3. The third kappa shape index (κ3) is 2.79. The summed E-state index contributed by atoms with van der Waals surface area (Å²) in [6.45, 7) is -0.0838. The number of carbonyl (C=O) groups excluding carboxylic acids is 1. The summed E-state index contributed by atoms with van der Waals surface area (Å²) in [6, 6.07) is 8.34. The number of amides is 1. The van der Waals surface area contributed by atoms with Crippen LogP contribution in [0.2, 0.25) is 0 Å². The van der Waals surface area contributed by atoms with Gasteiger partial charge in [-0.05, 0) is 5.56 Å². The first-order valence-corrected chi connectivity index (χ1v) is 5.43. The zero-order chi connectivity index (χ0) is 12.5. The molecule has 1 aromatic carbocycles. The number of nitrogens with two attached hydrogens (primary N) is 1. The van der Waals surface area contributed by atoms with Gasteiger partial charge in [0.05, 0.1) is 12.6 Å². The first kappa shape index (κ1) is 12.0. The summed E-state index contributed by atoms with van der Waals surface area (Å²) in [4.78, 5) is 12.6. The van der Waals surface area contributed by atoms with Crippen molar-refractivity contribution >= 4 is 5.91 Å². The van der Waals surface area contributed by atoms with E-state index < -0.39 is 30.8 Å². The molecule has 0 saturated carbocycles. The lowest BCUT2D eigenvalue weighted by molar-refractivity contribution is -0.122. The number of nitrogens with zero attached hydrogens (tertiary/aromatic N) is 1. The maximum Gasteiger partial charge on any atom is 0.262 e. The lowest BCUT2D eigenvalue weighted by atomic mass is 10.1. The summed E-state index contributed by atoms with van der Waals surface area (Å²) >= 11 is 0. The van der Waals surface area contributed by atoms with E-state index in [9.17, 15) is 13.6 Å². The number of rotatable bonds is 3. The van der Waals surface area contributed by atoms with Crippen LogP contribution < -0.4 is 5.73 Å². The molecule has 1 atom stereocenters. The van der Waals surface area contributed by atoms with Gasteiger partial charge in [0.25, 0.3) is 5.92 Å².